The minimum absolute atomic E-state index is 0.0603. The van der Waals surface area contributed by atoms with Crippen molar-refractivity contribution in [3.8, 4) is 11.9 Å². The van der Waals surface area contributed by atoms with Crippen molar-refractivity contribution < 1.29 is 54.6 Å². The van der Waals surface area contributed by atoms with E-state index in [2.05, 4.69) is 20.6 Å². The number of amides is 4. The van der Waals surface area contributed by atoms with Gasteiger partial charge >= 0.3 is 6.09 Å². The summed E-state index contributed by atoms with van der Waals surface area (Å²) in [4.78, 5) is 66.6. The van der Waals surface area contributed by atoms with E-state index >= 15 is 8.78 Å². The number of hydrogen-bond acceptors (Lipinski definition) is 11. The fraction of sp³-hybridized carbons (Fsp3) is 0.690. The van der Waals surface area contributed by atoms with Gasteiger partial charge in [0.2, 0.25) is 34.1 Å². The van der Waals surface area contributed by atoms with Gasteiger partial charge in [-0.3, -0.25) is 19.1 Å². The molecule has 3 heterocycles. The third kappa shape index (κ3) is 7.91. The summed E-state index contributed by atoms with van der Waals surface area (Å²) >= 11 is 0. The molecule has 2 bridgehead atoms. The van der Waals surface area contributed by atoms with Gasteiger partial charge in [0, 0.05) is 12.3 Å². The maximum absolute atomic E-state index is 16.5. The number of nitrogens with one attached hydrogen (secondary N) is 3. The minimum atomic E-state index is -4.32. The van der Waals surface area contributed by atoms with Gasteiger partial charge in [-0.15, -0.1) is 0 Å². The van der Waals surface area contributed by atoms with Crippen LogP contribution >= 0.6 is 0 Å². The molecule has 6 aliphatic rings. The Labute approximate surface area is 356 Å². The predicted molar refractivity (Wildman–Crippen MR) is 212 cm³/mol. The van der Waals surface area contributed by atoms with Crippen molar-refractivity contribution in [1.29, 1.82) is 5.26 Å². The molecule has 1 unspecified atom stereocenters. The molecule has 5 fully saturated rings. The predicted octanol–water partition coefficient (Wildman–Crippen LogP) is 5.07. The topological polar surface area (TPSA) is 210 Å². The van der Waals surface area contributed by atoms with Gasteiger partial charge in [-0.1, -0.05) is 34.1 Å². The highest BCUT2D eigenvalue weighted by molar-refractivity contribution is 7.91. The number of hydrogen-bond donors (Lipinski definition) is 3. The Balaban J connectivity index is 1.18. The van der Waals surface area contributed by atoms with E-state index in [0.29, 0.717) is 25.2 Å². The molecule has 1 aromatic carbocycles. The summed E-state index contributed by atoms with van der Waals surface area (Å²) in [6.07, 6.45) is -4.06. The number of benzene rings is 1. The highest BCUT2D eigenvalue weighted by Crippen LogP contribution is 2.58. The zero-order valence-corrected chi connectivity index (χ0v) is 35.9. The van der Waals surface area contributed by atoms with Crippen LogP contribution in [0.2, 0.25) is 0 Å². The molecular weight excluding hydrogens is 839 g/mol. The molecular formula is C42H51F4N7O8S. The average molecular weight is 890 g/mol. The molecule has 4 amide bonds. The van der Waals surface area contributed by atoms with Crippen molar-refractivity contribution in [2.45, 2.75) is 139 Å². The van der Waals surface area contributed by atoms with Gasteiger partial charge in [-0.05, 0) is 93.2 Å². The third-order valence-corrected chi connectivity index (χ3v) is 16.2. The second-order valence-electron chi connectivity index (χ2n) is 19.5. The fourth-order valence-electron chi connectivity index (χ4n) is 9.71. The van der Waals surface area contributed by atoms with E-state index in [4.69, 9.17) is 9.47 Å². The van der Waals surface area contributed by atoms with Crippen LogP contribution in [0.25, 0.3) is 11.0 Å². The molecule has 10 atom stereocenters. The number of sulfonamides is 1. The Hall–Kier alpha value is -4.80. The SMILES string of the molecule is C[C@@H]1[C@@H]2CN(C(=O)[C@H](C(C)(C)C)NC(=O)O[C@@H]3C[C@@H]4CC4[C@H]3CCCCC(F)(F)c3nc4ccc(C#N)cc4nc3O2)[C@@H]1C(=O)N[C@]1(C(=O)NS(=O)(=O)C2(C)CC2)C[C@H]1C(F)F. The molecule has 15 nitrogen and oxygen atoms in total. The summed E-state index contributed by atoms with van der Waals surface area (Å²) in [7, 11) is -4.32. The Morgan fingerprint density at radius 2 is 1.76 bits per heavy atom. The monoisotopic (exact) mass is 889 g/mol. The number of aromatic nitrogens is 2. The number of halogens is 4. The van der Waals surface area contributed by atoms with E-state index in [-0.39, 0.29) is 47.7 Å². The maximum atomic E-state index is 16.5. The Morgan fingerprint density at radius 3 is 2.40 bits per heavy atom. The molecule has 1 saturated heterocycles. The molecule has 0 radical (unpaired) electrons. The normalized spacial score (nSPS) is 33.9. The first kappa shape index (κ1) is 43.8. The smallest absolute Gasteiger partial charge is 0.408 e. The van der Waals surface area contributed by atoms with Gasteiger partial charge in [0.1, 0.15) is 29.8 Å². The minimum Gasteiger partial charge on any atom is -0.471 e. The highest BCUT2D eigenvalue weighted by Gasteiger charge is 2.68. The molecule has 4 saturated carbocycles. The molecule has 0 spiro atoms. The Bertz CT molecular complexity index is 2350. The zero-order valence-electron chi connectivity index (χ0n) is 35.1. The van der Waals surface area contributed by atoms with Gasteiger partial charge < -0.3 is 25.0 Å². The van der Waals surface area contributed by atoms with Crippen molar-refractivity contribution >= 4 is 44.9 Å². The lowest BCUT2D eigenvalue weighted by Gasteiger charge is -2.36. The van der Waals surface area contributed by atoms with E-state index < -0.39 is 129 Å². The van der Waals surface area contributed by atoms with Crippen molar-refractivity contribution in [1.82, 2.24) is 30.2 Å². The summed E-state index contributed by atoms with van der Waals surface area (Å²) in [6.45, 7) is 7.41. The number of nitrogens with zero attached hydrogens (tertiary/aromatic N) is 4. The fourth-order valence-corrected chi connectivity index (χ4v) is 11.0. The zero-order chi connectivity index (χ0) is 44.9. The molecule has 4 aliphatic carbocycles. The standard InChI is InChI=1S/C42H51F4N7O8S/c1-20-29-19-53(30(20)34(54)51-41(17-25(41)33(43)44)37(56)52-62(58,59)40(5)12-13-40)36(55)32(39(2,3)4)50-38(57)61-28-16-22-15-24(22)23(28)8-6-7-11-42(45,46)31-35(60-29)49-27-14-21(18-47)9-10-26(27)48-31/h9-10,14,20,22-25,28-30,32-33H,6-8,11-13,15-17,19H2,1-5H3,(H,50,57)(H,51,54)(H,52,56)/t20-,22+,23-,24?,25+,28-,29+,30+,32-,41-/m1/s1. The number of carbonyl (C=O) groups excluding carboxylic acids is 4. The molecule has 8 rings (SSSR count). The summed E-state index contributed by atoms with van der Waals surface area (Å²) < 4.78 is 101. The third-order valence-electron chi connectivity index (χ3n) is 14.1. The quantitative estimate of drug-likeness (QED) is 0.327. The van der Waals surface area contributed by atoms with Crippen LogP contribution in [0.15, 0.2) is 18.2 Å². The second-order valence-corrected chi connectivity index (χ2v) is 21.7. The molecule has 1 aromatic heterocycles. The lowest BCUT2D eigenvalue weighted by atomic mass is 9.85. The Morgan fingerprint density at radius 1 is 1.03 bits per heavy atom. The van der Waals surface area contributed by atoms with Crippen molar-refractivity contribution in [2.75, 3.05) is 6.54 Å². The van der Waals surface area contributed by atoms with Crippen LogP contribution < -0.4 is 20.1 Å². The van der Waals surface area contributed by atoms with Crippen LogP contribution in [0, 0.1) is 46.3 Å². The summed E-state index contributed by atoms with van der Waals surface area (Å²) in [5, 5.41) is 14.6. The molecule has 2 aromatic rings. The number of rotatable bonds is 6. The first-order chi connectivity index (χ1) is 29.0. The summed E-state index contributed by atoms with van der Waals surface area (Å²) in [6, 6.07) is 3.14. The van der Waals surface area contributed by atoms with E-state index in [9.17, 15) is 41.6 Å². The van der Waals surface area contributed by atoms with E-state index in [1.54, 1.807) is 20.8 Å². The van der Waals surface area contributed by atoms with E-state index in [0.717, 1.165) is 11.3 Å². The largest absolute Gasteiger partial charge is 0.471 e. The lowest BCUT2D eigenvalue weighted by molar-refractivity contribution is -0.143. The maximum Gasteiger partial charge on any atom is 0.408 e. The lowest BCUT2D eigenvalue weighted by Crippen LogP contribution is -2.61. The van der Waals surface area contributed by atoms with Crippen LogP contribution in [0.5, 0.6) is 5.88 Å². The van der Waals surface area contributed by atoms with Gasteiger partial charge in [-0.2, -0.15) is 14.0 Å². The number of alkyl carbamates (subject to hydrolysis) is 1. The first-order valence-electron chi connectivity index (χ1n) is 21.2. The number of fused-ring (bicyclic) bond motifs is 7. The molecule has 20 heteroatoms. The van der Waals surface area contributed by atoms with Crippen LogP contribution in [0.3, 0.4) is 0 Å². The number of alkyl halides is 4. The van der Waals surface area contributed by atoms with E-state index in [1.807, 2.05) is 10.8 Å². The van der Waals surface area contributed by atoms with Crippen molar-refractivity contribution in [3.05, 3.63) is 29.5 Å². The van der Waals surface area contributed by atoms with Crippen LogP contribution in [0.1, 0.15) is 104 Å². The first-order valence-corrected chi connectivity index (χ1v) is 22.7. The summed E-state index contributed by atoms with van der Waals surface area (Å²) in [5.74, 6) is -9.85. The highest BCUT2D eigenvalue weighted by atomic mass is 32.2. The van der Waals surface area contributed by atoms with Crippen molar-refractivity contribution in [3.63, 3.8) is 0 Å². The van der Waals surface area contributed by atoms with Gasteiger partial charge in [0.05, 0.1) is 39.9 Å². The van der Waals surface area contributed by atoms with Crippen LogP contribution in [0.4, 0.5) is 22.4 Å². The van der Waals surface area contributed by atoms with Gasteiger partial charge in [-0.25, -0.2) is 32.0 Å². The van der Waals surface area contributed by atoms with Crippen molar-refractivity contribution in [2.24, 2.45) is 35.0 Å². The number of ether oxygens (including phenoxy) is 2. The van der Waals surface area contributed by atoms with Crippen LogP contribution in [-0.2, 0) is 35.1 Å². The molecule has 62 heavy (non-hydrogen) atoms. The molecule has 336 valence electrons. The molecule has 2 aliphatic heterocycles. The average Bonchev–Trinajstić information content (AvgIpc) is 4.15. The van der Waals surface area contributed by atoms with Gasteiger partial charge in [0.25, 0.3) is 11.8 Å². The second kappa shape index (κ2) is 15.2. The number of carbonyl (C=O) groups is 4. The van der Waals surface area contributed by atoms with Gasteiger partial charge in [0.15, 0.2) is 5.69 Å². The number of nitriles is 1. The molecule has 3 N–H and O–H groups in total. The van der Waals surface area contributed by atoms with Crippen LogP contribution in [-0.4, -0.2) is 94.6 Å². The Kier molecular flexibility index (Phi) is 10.7. The van der Waals surface area contributed by atoms with E-state index in [1.165, 1.54) is 32.0 Å². The summed E-state index contributed by atoms with van der Waals surface area (Å²) in [5.41, 5.74) is -3.90.